The Labute approximate surface area is 143 Å². The van der Waals surface area contributed by atoms with E-state index in [4.69, 9.17) is 9.47 Å². The Morgan fingerprint density at radius 3 is 2.44 bits per heavy atom. The monoisotopic (exact) mass is 355 g/mol. The van der Waals surface area contributed by atoms with E-state index >= 15 is 0 Å². The second-order valence-corrected chi connectivity index (χ2v) is 5.79. The Hall–Kier alpha value is -2.20. The summed E-state index contributed by atoms with van der Waals surface area (Å²) in [5.74, 6) is -0.988. The van der Waals surface area contributed by atoms with Gasteiger partial charge in [-0.3, -0.25) is 9.59 Å². The number of carbonyl (C=O) groups excluding carboxylic acids is 2. The summed E-state index contributed by atoms with van der Waals surface area (Å²) < 4.78 is 11.0. The number of nitrogens with one attached hydrogen (secondary N) is 1. The number of rotatable bonds is 5. The zero-order chi connectivity index (χ0) is 18.7. The van der Waals surface area contributed by atoms with Gasteiger partial charge in [0, 0.05) is 13.0 Å². The van der Waals surface area contributed by atoms with E-state index < -0.39 is 43.2 Å². The first-order valence-electron chi connectivity index (χ1n) is 7.64. The van der Waals surface area contributed by atoms with Gasteiger partial charge in [0.1, 0.15) is 35.9 Å². The predicted octanol–water partition coefficient (Wildman–Crippen LogP) is -1.08. The highest BCUT2D eigenvalue weighted by Crippen LogP contribution is 2.28. The summed E-state index contributed by atoms with van der Waals surface area (Å²) in [5, 5.41) is 41.6. The van der Waals surface area contributed by atoms with Gasteiger partial charge in [-0.25, -0.2) is 0 Å². The summed E-state index contributed by atoms with van der Waals surface area (Å²) >= 11 is 0. The number of benzene rings is 1. The molecule has 138 valence electrons. The number of hydrogen-bond acceptors (Lipinski definition) is 8. The average molecular weight is 355 g/mol. The van der Waals surface area contributed by atoms with Gasteiger partial charge in [0.15, 0.2) is 5.78 Å². The van der Waals surface area contributed by atoms with E-state index in [1.807, 2.05) is 0 Å². The van der Waals surface area contributed by atoms with Crippen LogP contribution in [-0.4, -0.2) is 69.4 Å². The van der Waals surface area contributed by atoms with Gasteiger partial charge in [-0.15, -0.1) is 0 Å². The number of amides is 1. The highest BCUT2D eigenvalue weighted by molar-refractivity contribution is 5.96. The van der Waals surface area contributed by atoms with Crippen LogP contribution in [0.5, 0.6) is 11.5 Å². The molecule has 0 aliphatic carbocycles. The Bertz CT molecular complexity index is 649. The molecule has 5 N–H and O–H groups in total. The van der Waals surface area contributed by atoms with E-state index in [1.54, 1.807) is 0 Å². The lowest BCUT2D eigenvalue weighted by Gasteiger charge is -2.42. The molecule has 0 bridgehead atoms. The van der Waals surface area contributed by atoms with Crippen molar-refractivity contribution in [3.05, 3.63) is 23.8 Å². The fraction of sp³-hybridized carbons (Fsp3) is 0.500. The third kappa shape index (κ3) is 4.26. The molecule has 1 heterocycles. The Morgan fingerprint density at radius 1 is 1.24 bits per heavy atom. The van der Waals surface area contributed by atoms with Gasteiger partial charge in [-0.05, 0) is 19.1 Å². The highest BCUT2D eigenvalue weighted by atomic mass is 16.7. The summed E-state index contributed by atoms with van der Waals surface area (Å²) in [6.45, 7) is 1.96. The standard InChI is InChI=1S/C16H21NO8/c1-7(19)10-4-3-9(5-11(10)21)24-16-13(17-8(2)20)15(23)14(22)12(6-18)25-16/h3-5,12-16,18,21-23H,6H2,1-2H3,(H,17,20). The number of hydrogen-bond donors (Lipinski definition) is 5. The summed E-state index contributed by atoms with van der Waals surface area (Å²) in [6.07, 6.45) is -5.21. The number of aliphatic hydroxyl groups excluding tert-OH is 3. The van der Waals surface area contributed by atoms with Crippen LogP contribution in [0.2, 0.25) is 0 Å². The third-order valence-electron chi connectivity index (χ3n) is 3.85. The van der Waals surface area contributed by atoms with Gasteiger partial charge < -0.3 is 35.2 Å². The molecular weight excluding hydrogens is 334 g/mol. The van der Waals surface area contributed by atoms with E-state index in [-0.39, 0.29) is 22.8 Å². The lowest BCUT2D eigenvalue weighted by molar-refractivity contribution is -0.244. The van der Waals surface area contributed by atoms with Gasteiger partial charge in [0.2, 0.25) is 12.2 Å². The van der Waals surface area contributed by atoms with Gasteiger partial charge in [-0.1, -0.05) is 0 Å². The summed E-state index contributed by atoms with van der Waals surface area (Å²) in [6, 6.07) is 2.86. The molecule has 0 spiro atoms. The summed E-state index contributed by atoms with van der Waals surface area (Å²) in [7, 11) is 0. The number of Topliss-reactive ketones (excluding diaryl/α,β-unsaturated/α-hetero) is 1. The van der Waals surface area contributed by atoms with Crippen LogP contribution in [0.25, 0.3) is 0 Å². The van der Waals surface area contributed by atoms with Crippen molar-refractivity contribution in [2.45, 2.75) is 44.5 Å². The minimum atomic E-state index is -1.44. The van der Waals surface area contributed by atoms with Crippen molar-refractivity contribution in [2.24, 2.45) is 0 Å². The van der Waals surface area contributed by atoms with Crippen LogP contribution in [0, 0.1) is 0 Å². The number of aliphatic hydroxyl groups is 3. The van der Waals surface area contributed by atoms with Crippen molar-refractivity contribution in [3.63, 3.8) is 0 Å². The zero-order valence-electron chi connectivity index (χ0n) is 13.7. The first-order valence-corrected chi connectivity index (χ1v) is 7.64. The van der Waals surface area contributed by atoms with Gasteiger partial charge in [0.05, 0.1) is 12.2 Å². The average Bonchev–Trinajstić information content (AvgIpc) is 2.53. The molecule has 1 aliphatic heterocycles. The SMILES string of the molecule is CC(=O)NC1C(Oc2ccc(C(C)=O)c(O)c2)OC(CO)C(O)C1O. The molecule has 9 heteroatoms. The molecule has 1 aliphatic rings. The predicted molar refractivity (Wildman–Crippen MR) is 84.1 cm³/mol. The van der Waals surface area contributed by atoms with E-state index in [9.17, 15) is 30.0 Å². The van der Waals surface area contributed by atoms with Gasteiger partial charge in [0.25, 0.3) is 0 Å². The van der Waals surface area contributed by atoms with E-state index in [2.05, 4.69) is 5.32 Å². The minimum absolute atomic E-state index is 0.110. The Morgan fingerprint density at radius 2 is 1.92 bits per heavy atom. The topological polar surface area (TPSA) is 146 Å². The molecule has 0 saturated carbocycles. The van der Waals surface area contributed by atoms with Crippen LogP contribution in [0.1, 0.15) is 24.2 Å². The largest absolute Gasteiger partial charge is 0.507 e. The smallest absolute Gasteiger partial charge is 0.223 e. The molecule has 1 fully saturated rings. The maximum atomic E-state index is 11.3. The molecule has 1 aromatic carbocycles. The zero-order valence-corrected chi connectivity index (χ0v) is 13.7. The fourth-order valence-corrected chi connectivity index (χ4v) is 2.59. The van der Waals surface area contributed by atoms with Crippen LogP contribution >= 0.6 is 0 Å². The van der Waals surface area contributed by atoms with Crippen molar-refractivity contribution in [1.82, 2.24) is 5.32 Å². The summed E-state index contributed by atoms with van der Waals surface area (Å²) in [5.41, 5.74) is 0.110. The first-order chi connectivity index (χ1) is 11.7. The van der Waals surface area contributed by atoms with Crippen molar-refractivity contribution >= 4 is 11.7 Å². The third-order valence-corrected chi connectivity index (χ3v) is 3.85. The van der Waals surface area contributed by atoms with Crippen LogP contribution < -0.4 is 10.1 Å². The van der Waals surface area contributed by atoms with Crippen LogP contribution in [0.3, 0.4) is 0 Å². The minimum Gasteiger partial charge on any atom is -0.507 e. The van der Waals surface area contributed by atoms with Crippen LogP contribution in [-0.2, 0) is 9.53 Å². The van der Waals surface area contributed by atoms with Crippen molar-refractivity contribution < 1.29 is 39.5 Å². The van der Waals surface area contributed by atoms with E-state index in [0.29, 0.717) is 0 Å². The molecule has 9 nitrogen and oxygen atoms in total. The molecule has 1 amide bonds. The molecule has 0 aromatic heterocycles. The first kappa shape index (κ1) is 19.1. The van der Waals surface area contributed by atoms with Crippen molar-refractivity contribution in [1.29, 1.82) is 0 Å². The second-order valence-electron chi connectivity index (χ2n) is 5.79. The number of ether oxygens (including phenoxy) is 2. The molecule has 5 unspecified atom stereocenters. The van der Waals surface area contributed by atoms with Crippen LogP contribution in [0.4, 0.5) is 0 Å². The molecule has 2 rings (SSSR count). The van der Waals surface area contributed by atoms with Gasteiger partial charge >= 0.3 is 0 Å². The molecule has 0 radical (unpaired) electrons. The van der Waals surface area contributed by atoms with Crippen LogP contribution in [0.15, 0.2) is 18.2 Å². The molecule has 5 atom stereocenters. The number of aromatic hydroxyl groups is 1. The Balaban J connectivity index is 2.25. The molecular formula is C16H21NO8. The lowest BCUT2D eigenvalue weighted by atomic mass is 9.97. The second kappa shape index (κ2) is 7.79. The highest BCUT2D eigenvalue weighted by Gasteiger charge is 2.46. The molecule has 1 saturated heterocycles. The lowest BCUT2D eigenvalue weighted by Crippen LogP contribution is -2.65. The normalized spacial score (nSPS) is 29.1. The van der Waals surface area contributed by atoms with Crippen molar-refractivity contribution in [3.8, 4) is 11.5 Å². The quantitative estimate of drug-likeness (QED) is 0.419. The summed E-state index contributed by atoms with van der Waals surface area (Å²) in [4.78, 5) is 22.7. The van der Waals surface area contributed by atoms with E-state index in [0.717, 1.165) is 0 Å². The fourth-order valence-electron chi connectivity index (χ4n) is 2.59. The number of phenolic OH excluding ortho intramolecular Hbond substituents is 1. The van der Waals surface area contributed by atoms with Gasteiger partial charge in [-0.2, -0.15) is 0 Å². The maximum Gasteiger partial charge on any atom is 0.223 e. The molecule has 1 aromatic rings. The van der Waals surface area contributed by atoms with Crippen molar-refractivity contribution in [2.75, 3.05) is 6.61 Å². The van der Waals surface area contributed by atoms with E-state index in [1.165, 1.54) is 32.0 Å². The maximum absolute atomic E-state index is 11.3. The molecule has 25 heavy (non-hydrogen) atoms. The Kier molecular flexibility index (Phi) is 5.96. The number of phenols is 1. The number of ketones is 1. The number of carbonyl (C=O) groups is 2.